The smallest absolute Gasteiger partial charge is 0.396 e. The van der Waals surface area contributed by atoms with Gasteiger partial charge in [-0.05, 0) is 0 Å². The van der Waals surface area contributed by atoms with Gasteiger partial charge in [0, 0.05) is 5.41 Å². The highest BCUT2D eigenvalue weighted by Gasteiger charge is 2.37. The van der Waals surface area contributed by atoms with Crippen LogP contribution < -0.4 is 5.32 Å². The Labute approximate surface area is 82.8 Å². The minimum absolute atomic E-state index is 0.130. The molecule has 0 aliphatic carbocycles. The molecule has 1 aliphatic rings. The zero-order valence-corrected chi connectivity index (χ0v) is 8.62. The summed E-state index contributed by atoms with van der Waals surface area (Å²) < 4.78 is 9.52. The zero-order chi connectivity index (χ0) is 10.8. The van der Waals surface area contributed by atoms with Crippen molar-refractivity contribution in [3.05, 3.63) is 0 Å². The maximum Gasteiger partial charge on any atom is 0.396 e. The van der Waals surface area contributed by atoms with Crippen LogP contribution in [0, 0.1) is 5.41 Å². The number of hydrogen-bond acceptors (Lipinski definition) is 4. The highest BCUT2D eigenvalue weighted by molar-refractivity contribution is 6.32. The van der Waals surface area contributed by atoms with Crippen molar-refractivity contribution < 1.29 is 19.1 Å². The summed E-state index contributed by atoms with van der Waals surface area (Å²) >= 11 is 0. The molecule has 80 valence electrons. The molecule has 0 saturated carbocycles. The van der Waals surface area contributed by atoms with Gasteiger partial charge in [-0.1, -0.05) is 13.8 Å². The highest BCUT2D eigenvalue weighted by Crippen LogP contribution is 2.27. The minimum atomic E-state index is -0.868. The van der Waals surface area contributed by atoms with E-state index in [4.69, 9.17) is 4.74 Å². The van der Waals surface area contributed by atoms with E-state index in [1.807, 2.05) is 13.8 Å². The van der Waals surface area contributed by atoms with Crippen molar-refractivity contribution in [1.29, 1.82) is 0 Å². The first-order valence-corrected chi connectivity index (χ1v) is 4.44. The van der Waals surface area contributed by atoms with Crippen molar-refractivity contribution in [3.63, 3.8) is 0 Å². The molecule has 0 unspecified atom stereocenters. The van der Waals surface area contributed by atoms with Crippen LogP contribution in [-0.4, -0.2) is 38.2 Å². The van der Waals surface area contributed by atoms with Crippen molar-refractivity contribution in [2.75, 3.05) is 20.3 Å². The van der Waals surface area contributed by atoms with E-state index in [1.165, 1.54) is 7.11 Å². The molecule has 1 aliphatic heterocycles. The summed E-state index contributed by atoms with van der Waals surface area (Å²) in [4.78, 5) is 22.0. The Morgan fingerprint density at radius 3 is 2.57 bits per heavy atom. The normalized spacial score (nSPS) is 24.4. The fourth-order valence-corrected chi connectivity index (χ4v) is 1.31. The van der Waals surface area contributed by atoms with Crippen molar-refractivity contribution in [2.24, 2.45) is 5.41 Å². The van der Waals surface area contributed by atoms with Crippen molar-refractivity contribution in [1.82, 2.24) is 5.32 Å². The lowest BCUT2D eigenvalue weighted by Crippen LogP contribution is -2.47. The summed E-state index contributed by atoms with van der Waals surface area (Å²) in [6.45, 7) is 4.97. The molecule has 0 spiro atoms. The summed E-state index contributed by atoms with van der Waals surface area (Å²) in [5.41, 5.74) is -0.135. The Morgan fingerprint density at radius 2 is 2.14 bits per heavy atom. The quantitative estimate of drug-likeness (QED) is 0.467. The molecular formula is C9H15NO4. The third-order valence-electron chi connectivity index (χ3n) is 2.38. The molecule has 5 nitrogen and oxygen atoms in total. The van der Waals surface area contributed by atoms with Crippen LogP contribution in [0.15, 0.2) is 0 Å². The zero-order valence-electron chi connectivity index (χ0n) is 8.62. The topological polar surface area (TPSA) is 64.6 Å². The first kappa shape index (κ1) is 11.0. The second-order valence-electron chi connectivity index (χ2n) is 4.02. The minimum Gasteiger partial charge on any atom is -0.462 e. The SMILES string of the molecule is COC(=O)C(=O)N[C@H]1COCC1(C)C. The molecule has 0 bridgehead atoms. The Morgan fingerprint density at radius 1 is 1.50 bits per heavy atom. The maximum atomic E-state index is 11.2. The van der Waals surface area contributed by atoms with Gasteiger partial charge in [0.1, 0.15) is 0 Å². The van der Waals surface area contributed by atoms with Crippen LogP contribution in [0.2, 0.25) is 0 Å². The van der Waals surface area contributed by atoms with E-state index in [2.05, 4.69) is 10.1 Å². The average molecular weight is 201 g/mol. The molecule has 1 N–H and O–H groups in total. The summed E-state index contributed by atoms with van der Waals surface area (Å²) in [6.07, 6.45) is 0. The van der Waals surface area contributed by atoms with Crippen LogP contribution in [0.3, 0.4) is 0 Å². The van der Waals surface area contributed by atoms with Crippen molar-refractivity contribution >= 4 is 11.9 Å². The van der Waals surface area contributed by atoms with Crippen LogP contribution in [0.5, 0.6) is 0 Å². The van der Waals surface area contributed by atoms with Gasteiger partial charge in [-0.25, -0.2) is 4.79 Å². The number of methoxy groups -OCH3 is 1. The van der Waals surface area contributed by atoms with E-state index in [-0.39, 0.29) is 11.5 Å². The van der Waals surface area contributed by atoms with E-state index < -0.39 is 11.9 Å². The third kappa shape index (κ3) is 2.23. The second-order valence-corrected chi connectivity index (χ2v) is 4.02. The van der Waals surface area contributed by atoms with Gasteiger partial charge in [0.2, 0.25) is 0 Å². The Kier molecular flexibility index (Phi) is 3.10. The van der Waals surface area contributed by atoms with E-state index in [9.17, 15) is 9.59 Å². The third-order valence-corrected chi connectivity index (χ3v) is 2.38. The fraction of sp³-hybridized carbons (Fsp3) is 0.778. The van der Waals surface area contributed by atoms with Crippen molar-refractivity contribution in [3.8, 4) is 0 Å². The van der Waals surface area contributed by atoms with Gasteiger partial charge in [-0.3, -0.25) is 4.79 Å². The van der Waals surface area contributed by atoms with Gasteiger partial charge in [-0.2, -0.15) is 0 Å². The van der Waals surface area contributed by atoms with E-state index in [1.54, 1.807) is 0 Å². The molecule has 14 heavy (non-hydrogen) atoms. The van der Waals surface area contributed by atoms with Crippen LogP contribution in [-0.2, 0) is 19.1 Å². The molecule has 1 heterocycles. The lowest BCUT2D eigenvalue weighted by atomic mass is 9.88. The fourth-order valence-electron chi connectivity index (χ4n) is 1.31. The largest absolute Gasteiger partial charge is 0.462 e. The van der Waals surface area contributed by atoms with Gasteiger partial charge >= 0.3 is 11.9 Å². The molecule has 1 amide bonds. The second kappa shape index (κ2) is 3.96. The molecule has 1 rings (SSSR count). The Bertz CT molecular complexity index is 249. The summed E-state index contributed by atoms with van der Waals surface area (Å²) in [7, 11) is 1.18. The van der Waals surface area contributed by atoms with Crippen LogP contribution in [0.25, 0.3) is 0 Å². The van der Waals surface area contributed by atoms with Gasteiger partial charge in [0.05, 0.1) is 26.4 Å². The van der Waals surface area contributed by atoms with Gasteiger partial charge in [0.15, 0.2) is 0 Å². The lowest BCUT2D eigenvalue weighted by molar-refractivity contribution is -0.153. The number of carbonyl (C=O) groups excluding carboxylic acids is 2. The molecule has 0 aromatic heterocycles. The Balaban J connectivity index is 2.52. The number of amides is 1. The molecule has 0 aromatic carbocycles. The van der Waals surface area contributed by atoms with Crippen LogP contribution in [0.4, 0.5) is 0 Å². The first-order chi connectivity index (χ1) is 6.47. The van der Waals surface area contributed by atoms with Crippen LogP contribution in [0.1, 0.15) is 13.8 Å². The van der Waals surface area contributed by atoms with E-state index in [0.717, 1.165) is 0 Å². The molecule has 1 fully saturated rings. The standard InChI is InChI=1S/C9H15NO4/c1-9(2)5-14-4-6(9)10-7(11)8(12)13-3/h6H,4-5H2,1-3H3,(H,10,11)/t6-/m0/s1. The molecular weight excluding hydrogens is 186 g/mol. The number of ether oxygens (including phenoxy) is 2. The summed E-state index contributed by atoms with van der Waals surface area (Å²) in [6, 6.07) is -0.130. The lowest BCUT2D eigenvalue weighted by Gasteiger charge is -2.24. The molecule has 1 saturated heterocycles. The number of carbonyl (C=O) groups is 2. The van der Waals surface area contributed by atoms with E-state index in [0.29, 0.717) is 13.2 Å². The number of hydrogen-bond donors (Lipinski definition) is 1. The predicted octanol–water partition coefficient (Wildman–Crippen LogP) is -0.299. The van der Waals surface area contributed by atoms with Crippen LogP contribution >= 0.6 is 0 Å². The van der Waals surface area contributed by atoms with Crippen molar-refractivity contribution in [2.45, 2.75) is 19.9 Å². The molecule has 1 atom stereocenters. The van der Waals surface area contributed by atoms with E-state index >= 15 is 0 Å². The molecule has 0 aromatic rings. The number of rotatable bonds is 1. The number of esters is 1. The Hall–Kier alpha value is -1.10. The average Bonchev–Trinajstić information content (AvgIpc) is 2.44. The first-order valence-electron chi connectivity index (χ1n) is 4.44. The molecule has 0 radical (unpaired) electrons. The maximum absolute atomic E-state index is 11.2. The predicted molar refractivity (Wildman–Crippen MR) is 48.5 cm³/mol. The van der Waals surface area contributed by atoms with Gasteiger partial charge in [-0.15, -0.1) is 0 Å². The number of nitrogens with one attached hydrogen (secondary N) is 1. The van der Waals surface area contributed by atoms with Gasteiger partial charge in [0.25, 0.3) is 0 Å². The summed E-state index contributed by atoms with van der Waals surface area (Å²) in [5.74, 6) is -1.58. The van der Waals surface area contributed by atoms with Gasteiger partial charge < -0.3 is 14.8 Å². The monoisotopic (exact) mass is 201 g/mol. The summed E-state index contributed by atoms with van der Waals surface area (Å²) in [5, 5.41) is 2.58. The molecule has 5 heteroatoms. The highest BCUT2D eigenvalue weighted by atomic mass is 16.5.